The molecule has 0 amide bonds. The maximum absolute atomic E-state index is 13.1. The monoisotopic (exact) mass is 436 g/mol. The Hall–Kier alpha value is -2.17. The summed E-state index contributed by atoms with van der Waals surface area (Å²) in [5, 5.41) is 3.81. The van der Waals surface area contributed by atoms with Crippen LogP contribution in [0.1, 0.15) is 5.82 Å². The van der Waals surface area contributed by atoms with E-state index in [2.05, 4.69) is 15.1 Å². The maximum Gasteiger partial charge on any atom is 0.453 e. The van der Waals surface area contributed by atoms with Gasteiger partial charge in [-0.05, 0) is 30.3 Å². The summed E-state index contributed by atoms with van der Waals surface area (Å²) in [6.45, 7) is 0. The van der Waals surface area contributed by atoms with E-state index in [4.69, 9.17) is 23.2 Å². The summed E-state index contributed by atoms with van der Waals surface area (Å²) in [7, 11) is -3.51. The van der Waals surface area contributed by atoms with Gasteiger partial charge in [0.15, 0.2) is 21.5 Å². The largest absolute Gasteiger partial charge is 0.453 e. The van der Waals surface area contributed by atoms with Gasteiger partial charge in [0.05, 0.1) is 14.9 Å². The molecule has 0 spiro atoms. The number of benzene rings is 1. The highest BCUT2D eigenvalue weighted by Crippen LogP contribution is 2.32. The SMILES string of the molecule is CS(=O)(=O)c1ccc(-n2nc(C(F)(F)F)nc2-c2ccc(Cl)c(Cl)c2)nc1. The van der Waals surface area contributed by atoms with E-state index >= 15 is 0 Å². The van der Waals surface area contributed by atoms with Crippen LogP contribution in [0.2, 0.25) is 10.0 Å². The average molecular weight is 437 g/mol. The molecule has 6 nitrogen and oxygen atoms in total. The van der Waals surface area contributed by atoms with E-state index in [0.717, 1.165) is 17.1 Å². The quantitative estimate of drug-likeness (QED) is 0.618. The van der Waals surface area contributed by atoms with E-state index in [0.29, 0.717) is 0 Å². The third-order valence-corrected chi connectivity index (χ3v) is 5.24. The molecule has 2 aromatic heterocycles. The second-order valence-electron chi connectivity index (χ2n) is 5.42. The van der Waals surface area contributed by atoms with Crippen molar-refractivity contribution in [3.8, 4) is 17.2 Å². The van der Waals surface area contributed by atoms with Crippen LogP contribution in [-0.2, 0) is 16.0 Å². The summed E-state index contributed by atoms with van der Waals surface area (Å²) in [6.07, 6.45) is -2.77. The average Bonchev–Trinajstić information content (AvgIpc) is 3.02. The van der Waals surface area contributed by atoms with Crippen molar-refractivity contribution in [3.63, 3.8) is 0 Å². The fourth-order valence-electron chi connectivity index (χ4n) is 2.13. The van der Waals surface area contributed by atoms with Crippen molar-refractivity contribution in [2.24, 2.45) is 0 Å². The molecule has 0 radical (unpaired) electrons. The summed E-state index contributed by atoms with van der Waals surface area (Å²) >= 11 is 11.8. The van der Waals surface area contributed by atoms with Gasteiger partial charge in [-0.2, -0.15) is 17.9 Å². The van der Waals surface area contributed by atoms with Crippen molar-refractivity contribution in [1.29, 1.82) is 0 Å². The molecule has 3 rings (SSSR count). The summed E-state index contributed by atoms with van der Waals surface area (Å²) in [6, 6.07) is 6.62. The first-order valence-corrected chi connectivity index (χ1v) is 9.78. The van der Waals surface area contributed by atoms with Crippen LogP contribution in [0.15, 0.2) is 41.4 Å². The van der Waals surface area contributed by atoms with Crippen molar-refractivity contribution in [2.75, 3.05) is 6.26 Å². The molecule has 0 saturated heterocycles. The number of pyridine rings is 1. The standard InChI is InChI=1S/C15H9Cl2F3N4O2S/c1-27(25,26)9-3-5-12(21-7-9)24-13(22-14(23-24)15(18,19)20)8-2-4-10(16)11(17)6-8/h2-7H,1H3. The molecule has 0 aliphatic heterocycles. The second kappa shape index (κ2) is 6.77. The summed E-state index contributed by atoms with van der Waals surface area (Å²) in [5.74, 6) is -1.61. The number of rotatable bonds is 3. The highest BCUT2D eigenvalue weighted by Gasteiger charge is 2.37. The van der Waals surface area contributed by atoms with Gasteiger partial charge in [0, 0.05) is 18.0 Å². The van der Waals surface area contributed by atoms with Gasteiger partial charge < -0.3 is 0 Å². The van der Waals surface area contributed by atoms with Gasteiger partial charge in [0.2, 0.25) is 0 Å². The lowest BCUT2D eigenvalue weighted by Gasteiger charge is -2.07. The number of sulfone groups is 1. The molecule has 0 bridgehead atoms. The molecule has 0 saturated carbocycles. The van der Waals surface area contributed by atoms with E-state index in [1.807, 2.05) is 0 Å². The first-order chi connectivity index (χ1) is 12.5. The van der Waals surface area contributed by atoms with Crippen LogP contribution in [-0.4, -0.2) is 34.4 Å². The van der Waals surface area contributed by atoms with E-state index in [1.165, 1.54) is 30.3 Å². The molecular weight excluding hydrogens is 428 g/mol. The predicted molar refractivity (Wildman–Crippen MR) is 92.7 cm³/mol. The Morgan fingerprint density at radius 1 is 1.07 bits per heavy atom. The smallest absolute Gasteiger partial charge is 0.236 e. The minimum absolute atomic E-state index is 0.0496. The summed E-state index contributed by atoms with van der Waals surface area (Å²) in [4.78, 5) is 7.34. The van der Waals surface area contributed by atoms with E-state index in [9.17, 15) is 21.6 Å². The van der Waals surface area contributed by atoms with Crippen LogP contribution in [0.3, 0.4) is 0 Å². The number of hydrogen-bond donors (Lipinski definition) is 0. The molecule has 0 atom stereocenters. The predicted octanol–water partition coefficient (Wildman–Crippen LogP) is 4.06. The molecule has 142 valence electrons. The Balaban J connectivity index is 2.19. The van der Waals surface area contributed by atoms with E-state index in [1.54, 1.807) is 0 Å². The van der Waals surface area contributed by atoms with Crippen molar-refractivity contribution < 1.29 is 21.6 Å². The van der Waals surface area contributed by atoms with Gasteiger partial charge in [-0.1, -0.05) is 23.2 Å². The molecule has 27 heavy (non-hydrogen) atoms. The van der Waals surface area contributed by atoms with Gasteiger partial charge in [-0.3, -0.25) is 0 Å². The zero-order valence-electron chi connectivity index (χ0n) is 13.4. The van der Waals surface area contributed by atoms with Gasteiger partial charge in [-0.25, -0.2) is 18.4 Å². The molecule has 3 aromatic rings. The Kier molecular flexibility index (Phi) is 4.91. The van der Waals surface area contributed by atoms with E-state index < -0.39 is 21.8 Å². The molecule has 0 unspecified atom stereocenters. The highest BCUT2D eigenvalue weighted by atomic mass is 35.5. The van der Waals surface area contributed by atoms with Crippen molar-refractivity contribution >= 4 is 33.0 Å². The topological polar surface area (TPSA) is 77.7 Å². The van der Waals surface area contributed by atoms with Crippen LogP contribution >= 0.6 is 23.2 Å². The van der Waals surface area contributed by atoms with Crippen LogP contribution in [0.25, 0.3) is 17.2 Å². The minimum Gasteiger partial charge on any atom is -0.236 e. The van der Waals surface area contributed by atoms with Crippen LogP contribution in [0.4, 0.5) is 13.2 Å². The molecule has 0 aliphatic carbocycles. The van der Waals surface area contributed by atoms with Crippen molar-refractivity contribution in [1.82, 2.24) is 19.7 Å². The fraction of sp³-hybridized carbons (Fsp3) is 0.133. The van der Waals surface area contributed by atoms with Crippen LogP contribution in [0.5, 0.6) is 0 Å². The molecule has 1 aromatic carbocycles. The molecular formula is C15H9Cl2F3N4O2S. The maximum atomic E-state index is 13.1. The second-order valence-corrected chi connectivity index (χ2v) is 8.25. The van der Waals surface area contributed by atoms with Crippen LogP contribution < -0.4 is 0 Å². The zero-order valence-corrected chi connectivity index (χ0v) is 15.7. The molecule has 2 heterocycles. The van der Waals surface area contributed by atoms with Gasteiger partial charge in [-0.15, -0.1) is 5.10 Å². The molecule has 0 fully saturated rings. The fourth-order valence-corrected chi connectivity index (χ4v) is 2.99. The van der Waals surface area contributed by atoms with Gasteiger partial charge >= 0.3 is 6.18 Å². The Morgan fingerprint density at radius 2 is 1.78 bits per heavy atom. The molecule has 0 aliphatic rings. The number of halogens is 5. The molecule has 0 N–H and O–H groups in total. The minimum atomic E-state index is -4.79. The number of hydrogen-bond acceptors (Lipinski definition) is 5. The lowest BCUT2D eigenvalue weighted by molar-refractivity contribution is -0.144. The molecule has 12 heteroatoms. The van der Waals surface area contributed by atoms with E-state index in [-0.39, 0.29) is 32.1 Å². The zero-order chi connectivity index (χ0) is 20.0. The Bertz CT molecular complexity index is 1110. The van der Waals surface area contributed by atoms with Crippen molar-refractivity contribution in [3.05, 3.63) is 52.4 Å². The Labute approximate surface area is 161 Å². The van der Waals surface area contributed by atoms with Gasteiger partial charge in [0.25, 0.3) is 5.82 Å². The Morgan fingerprint density at radius 3 is 2.30 bits per heavy atom. The third kappa shape index (κ3) is 4.07. The first kappa shape index (κ1) is 19.6. The number of aromatic nitrogens is 4. The lowest BCUT2D eigenvalue weighted by atomic mass is 10.2. The van der Waals surface area contributed by atoms with Crippen LogP contribution in [0, 0.1) is 0 Å². The third-order valence-electron chi connectivity index (χ3n) is 3.40. The first-order valence-electron chi connectivity index (χ1n) is 7.13. The highest BCUT2D eigenvalue weighted by molar-refractivity contribution is 7.90. The van der Waals surface area contributed by atoms with Gasteiger partial charge in [0.1, 0.15) is 0 Å². The van der Waals surface area contributed by atoms with Crippen molar-refractivity contribution in [2.45, 2.75) is 11.1 Å². The number of alkyl halides is 3. The summed E-state index contributed by atoms with van der Waals surface area (Å²) < 4.78 is 63.2. The normalized spacial score (nSPS) is 12.4. The summed E-state index contributed by atoms with van der Waals surface area (Å²) in [5.41, 5.74) is 0.224. The number of nitrogens with zero attached hydrogens (tertiary/aromatic N) is 4. The lowest BCUT2D eigenvalue weighted by Crippen LogP contribution is -2.09.